The molecule has 0 spiro atoms. The van der Waals surface area contributed by atoms with E-state index in [0.29, 0.717) is 17.9 Å². The van der Waals surface area contributed by atoms with Crippen molar-refractivity contribution in [1.82, 2.24) is 5.32 Å². The Morgan fingerprint density at radius 2 is 1.86 bits per heavy atom. The number of nitrogens with one attached hydrogen (secondary N) is 1. The van der Waals surface area contributed by atoms with E-state index in [1.807, 2.05) is 0 Å². The van der Waals surface area contributed by atoms with Crippen LogP contribution in [0.15, 0.2) is 18.2 Å². The van der Waals surface area contributed by atoms with Crippen LogP contribution >= 0.6 is 0 Å². The molecule has 1 nitrogen and oxygen atoms in total. The minimum atomic E-state index is -0.340. The maximum absolute atomic E-state index is 14.0. The van der Waals surface area contributed by atoms with E-state index in [0.717, 1.165) is 25.9 Å². The van der Waals surface area contributed by atoms with Crippen molar-refractivity contribution >= 4 is 0 Å². The van der Waals surface area contributed by atoms with Crippen LogP contribution in [0.2, 0.25) is 0 Å². The number of benzene rings is 1. The molecule has 2 rings (SSSR count). The smallest absolute Gasteiger partial charge is 0.126 e. The number of halogens is 2. The van der Waals surface area contributed by atoms with Gasteiger partial charge in [-0.1, -0.05) is 33.1 Å². The monoisotopic (exact) mass is 295 g/mol. The van der Waals surface area contributed by atoms with Crippen molar-refractivity contribution in [1.29, 1.82) is 0 Å². The van der Waals surface area contributed by atoms with Crippen LogP contribution in [0.4, 0.5) is 8.78 Å². The third-order valence-electron chi connectivity index (χ3n) is 4.54. The maximum Gasteiger partial charge on any atom is 0.126 e. The lowest BCUT2D eigenvalue weighted by atomic mass is 9.70. The Bertz CT molecular complexity index is 451. The highest BCUT2D eigenvalue weighted by atomic mass is 19.1. The van der Waals surface area contributed by atoms with Crippen LogP contribution in [0, 0.1) is 23.0 Å². The van der Waals surface area contributed by atoms with Gasteiger partial charge in [0.15, 0.2) is 0 Å². The van der Waals surface area contributed by atoms with Crippen molar-refractivity contribution < 1.29 is 8.78 Å². The molecule has 0 unspecified atom stereocenters. The first-order chi connectivity index (χ1) is 10.0. The molecule has 1 aliphatic carbocycles. The van der Waals surface area contributed by atoms with Crippen molar-refractivity contribution in [2.45, 2.75) is 52.4 Å². The van der Waals surface area contributed by atoms with Crippen molar-refractivity contribution in [2.75, 3.05) is 13.1 Å². The van der Waals surface area contributed by atoms with Gasteiger partial charge < -0.3 is 5.32 Å². The van der Waals surface area contributed by atoms with E-state index < -0.39 is 0 Å². The van der Waals surface area contributed by atoms with Crippen LogP contribution in [0.5, 0.6) is 0 Å². The Kier molecular flexibility index (Phi) is 5.74. The van der Waals surface area contributed by atoms with Crippen LogP contribution in [-0.4, -0.2) is 13.1 Å². The van der Waals surface area contributed by atoms with E-state index in [1.54, 1.807) is 0 Å². The zero-order valence-corrected chi connectivity index (χ0v) is 13.2. The normalized spacial score (nSPS) is 18.1. The average molecular weight is 295 g/mol. The molecule has 1 fully saturated rings. The fraction of sp³-hybridized carbons (Fsp3) is 0.667. The molecule has 1 aromatic rings. The molecule has 0 bridgehead atoms. The molecule has 118 valence electrons. The van der Waals surface area contributed by atoms with Crippen LogP contribution in [0.25, 0.3) is 0 Å². The molecule has 1 aliphatic rings. The lowest BCUT2D eigenvalue weighted by Gasteiger charge is -2.38. The van der Waals surface area contributed by atoms with E-state index in [9.17, 15) is 8.78 Å². The molecule has 1 N–H and O–H groups in total. The molecule has 0 aromatic heterocycles. The summed E-state index contributed by atoms with van der Waals surface area (Å²) in [4.78, 5) is 0. The summed E-state index contributed by atoms with van der Waals surface area (Å²) in [5.41, 5.74) is 0.616. The predicted molar refractivity (Wildman–Crippen MR) is 83.3 cm³/mol. The average Bonchev–Trinajstić information content (AvgIpc) is 2.43. The number of rotatable bonds is 6. The molecular formula is C18H27F2N. The van der Waals surface area contributed by atoms with E-state index in [4.69, 9.17) is 0 Å². The van der Waals surface area contributed by atoms with Crippen molar-refractivity contribution in [3.63, 3.8) is 0 Å². The lowest BCUT2D eigenvalue weighted by molar-refractivity contribution is 0.177. The first kappa shape index (κ1) is 16.4. The molecule has 21 heavy (non-hydrogen) atoms. The van der Waals surface area contributed by atoms with E-state index >= 15 is 0 Å². The van der Waals surface area contributed by atoms with Gasteiger partial charge in [0.2, 0.25) is 0 Å². The topological polar surface area (TPSA) is 12.0 Å². The fourth-order valence-electron chi connectivity index (χ4n) is 3.43. The molecule has 0 saturated heterocycles. The summed E-state index contributed by atoms with van der Waals surface area (Å²) in [5, 5.41) is 3.53. The fourth-order valence-corrected chi connectivity index (χ4v) is 3.43. The van der Waals surface area contributed by atoms with Gasteiger partial charge in [0.25, 0.3) is 0 Å². The Labute approximate surface area is 127 Å². The Hall–Kier alpha value is -0.960. The summed E-state index contributed by atoms with van der Waals surface area (Å²) in [6, 6.07) is 3.82. The SMILES string of the molecule is CC(C)CNCC1(Cc2cc(F)ccc2F)CCCCC1. The molecule has 0 heterocycles. The third kappa shape index (κ3) is 4.77. The highest BCUT2D eigenvalue weighted by Crippen LogP contribution is 2.39. The largest absolute Gasteiger partial charge is 0.316 e. The van der Waals surface area contributed by atoms with E-state index in [2.05, 4.69) is 19.2 Å². The van der Waals surface area contributed by atoms with Gasteiger partial charge in [0.1, 0.15) is 11.6 Å². The zero-order chi connectivity index (χ0) is 15.3. The number of hydrogen-bond acceptors (Lipinski definition) is 1. The van der Waals surface area contributed by atoms with Gasteiger partial charge in [-0.3, -0.25) is 0 Å². The quantitative estimate of drug-likeness (QED) is 0.802. The van der Waals surface area contributed by atoms with Gasteiger partial charge in [0, 0.05) is 6.54 Å². The molecule has 0 amide bonds. The summed E-state index contributed by atoms with van der Waals surface area (Å²) >= 11 is 0. The highest BCUT2D eigenvalue weighted by Gasteiger charge is 2.32. The predicted octanol–water partition coefficient (Wildman–Crippen LogP) is 4.70. The minimum absolute atomic E-state index is 0.0851. The van der Waals surface area contributed by atoms with Gasteiger partial charge in [-0.15, -0.1) is 0 Å². The summed E-state index contributed by atoms with van der Waals surface area (Å²) in [6.45, 7) is 6.26. The van der Waals surface area contributed by atoms with Crippen molar-refractivity contribution in [3.8, 4) is 0 Å². The van der Waals surface area contributed by atoms with Gasteiger partial charge >= 0.3 is 0 Å². The Balaban J connectivity index is 2.09. The highest BCUT2D eigenvalue weighted by molar-refractivity contribution is 5.20. The first-order valence-corrected chi connectivity index (χ1v) is 8.15. The maximum atomic E-state index is 14.0. The minimum Gasteiger partial charge on any atom is -0.316 e. The molecule has 0 radical (unpaired) electrons. The summed E-state index contributed by atoms with van der Waals surface area (Å²) in [7, 11) is 0. The Morgan fingerprint density at radius 3 is 2.52 bits per heavy atom. The summed E-state index contributed by atoms with van der Waals surface area (Å²) < 4.78 is 27.4. The lowest BCUT2D eigenvalue weighted by Crippen LogP contribution is -2.39. The molecule has 1 saturated carbocycles. The molecular weight excluding hydrogens is 268 g/mol. The van der Waals surface area contributed by atoms with Crippen LogP contribution < -0.4 is 5.32 Å². The third-order valence-corrected chi connectivity index (χ3v) is 4.54. The molecule has 3 heteroatoms. The van der Waals surface area contributed by atoms with Crippen molar-refractivity contribution in [3.05, 3.63) is 35.4 Å². The van der Waals surface area contributed by atoms with Gasteiger partial charge in [0.05, 0.1) is 0 Å². The first-order valence-electron chi connectivity index (χ1n) is 8.15. The summed E-state index contributed by atoms with van der Waals surface area (Å²) in [5.74, 6) is -0.00532. The summed E-state index contributed by atoms with van der Waals surface area (Å²) in [6.07, 6.45) is 6.50. The number of hydrogen-bond donors (Lipinski definition) is 1. The second kappa shape index (κ2) is 7.35. The van der Waals surface area contributed by atoms with Crippen LogP contribution in [0.3, 0.4) is 0 Å². The Morgan fingerprint density at radius 1 is 1.14 bits per heavy atom. The molecule has 0 aliphatic heterocycles. The van der Waals surface area contributed by atoms with Crippen molar-refractivity contribution in [2.24, 2.45) is 11.3 Å². The standard InChI is InChI=1S/C18H27F2N/c1-14(2)12-21-13-18(8-4-3-5-9-18)11-15-10-16(19)6-7-17(15)20/h6-7,10,14,21H,3-5,8-9,11-13H2,1-2H3. The van der Waals surface area contributed by atoms with Crippen LogP contribution in [-0.2, 0) is 6.42 Å². The van der Waals surface area contributed by atoms with Gasteiger partial charge in [-0.2, -0.15) is 0 Å². The van der Waals surface area contributed by atoms with Gasteiger partial charge in [-0.05, 0) is 60.9 Å². The van der Waals surface area contributed by atoms with E-state index in [-0.39, 0.29) is 17.0 Å². The van der Waals surface area contributed by atoms with Crippen LogP contribution in [0.1, 0.15) is 51.5 Å². The van der Waals surface area contributed by atoms with Gasteiger partial charge in [-0.25, -0.2) is 8.78 Å². The molecule has 1 aromatic carbocycles. The zero-order valence-electron chi connectivity index (χ0n) is 13.2. The molecule has 0 atom stereocenters. The second-order valence-corrected chi connectivity index (χ2v) is 7.00. The second-order valence-electron chi connectivity index (χ2n) is 7.00. The van der Waals surface area contributed by atoms with E-state index in [1.165, 1.54) is 37.5 Å².